The lowest BCUT2D eigenvalue weighted by atomic mass is 10.0. The molecule has 0 saturated heterocycles. The molecule has 1 atom stereocenters. The minimum absolute atomic E-state index is 0.0281. The lowest BCUT2D eigenvalue weighted by Gasteiger charge is -2.17. The maximum atomic E-state index is 5.69. The minimum Gasteiger partial charge on any atom is -0.493 e. The van der Waals surface area contributed by atoms with Crippen LogP contribution in [0.2, 0.25) is 0 Å². The molecule has 0 spiro atoms. The Hall–Kier alpha value is -1.08. The Kier molecular flexibility index (Phi) is 5.42. The van der Waals surface area contributed by atoms with Crippen molar-refractivity contribution in [2.75, 3.05) is 14.2 Å². The number of halogens is 1. The van der Waals surface area contributed by atoms with E-state index in [0.29, 0.717) is 11.5 Å². The summed E-state index contributed by atoms with van der Waals surface area (Å²) in [6, 6.07) is 7.97. The summed E-state index contributed by atoms with van der Waals surface area (Å²) in [6.45, 7) is 0. The third-order valence-electron chi connectivity index (χ3n) is 3.04. The van der Waals surface area contributed by atoms with Gasteiger partial charge in [-0.15, -0.1) is 11.3 Å². The smallest absolute Gasteiger partial charge is 0.161 e. The van der Waals surface area contributed by atoms with Gasteiger partial charge in [-0.2, -0.15) is 0 Å². The number of rotatable bonds is 6. The largest absolute Gasteiger partial charge is 0.493 e. The molecule has 0 saturated carbocycles. The molecule has 1 unspecified atom stereocenters. The van der Waals surface area contributed by atoms with E-state index in [9.17, 15) is 0 Å². The van der Waals surface area contributed by atoms with Gasteiger partial charge in [0, 0.05) is 21.2 Å². The fraction of sp³-hybridized carbons (Fsp3) is 0.286. The first-order valence-corrected chi connectivity index (χ1v) is 7.76. The SMILES string of the molecule is COc1ccc(C(Cc2cc(Br)cs2)NN)cc1OC. The quantitative estimate of drug-likeness (QED) is 0.615. The van der Waals surface area contributed by atoms with Crippen LogP contribution in [0.25, 0.3) is 0 Å². The number of nitrogens with two attached hydrogens (primary N) is 1. The Balaban J connectivity index is 2.22. The summed E-state index contributed by atoms with van der Waals surface area (Å²) in [5, 5.41) is 2.07. The maximum Gasteiger partial charge on any atom is 0.161 e. The van der Waals surface area contributed by atoms with E-state index < -0.39 is 0 Å². The number of hydrogen-bond acceptors (Lipinski definition) is 5. The number of hydrogen-bond donors (Lipinski definition) is 2. The van der Waals surface area contributed by atoms with Crippen molar-refractivity contribution in [3.8, 4) is 11.5 Å². The van der Waals surface area contributed by atoms with E-state index in [1.807, 2.05) is 18.2 Å². The summed E-state index contributed by atoms with van der Waals surface area (Å²) in [5.41, 5.74) is 3.92. The van der Waals surface area contributed by atoms with Crippen LogP contribution < -0.4 is 20.7 Å². The first-order valence-electron chi connectivity index (χ1n) is 6.09. The Morgan fingerprint density at radius 1 is 1.25 bits per heavy atom. The molecule has 1 aromatic carbocycles. The summed E-state index contributed by atoms with van der Waals surface area (Å²) < 4.78 is 11.7. The van der Waals surface area contributed by atoms with Crippen molar-refractivity contribution in [1.82, 2.24) is 5.43 Å². The molecule has 1 aromatic heterocycles. The van der Waals surface area contributed by atoms with Gasteiger partial charge in [-0.3, -0.25) is 11.3 Å². The predicted molar refractivity (Wildman–Crippen MR) is 85.3 cm³/mol. The zero-order chi connectivity index (χ0) is 14.5. The standard InChI is InChI=1S/C14H17BrN2O2S/c1-18-13-4-3-9(5-14(13)19-2)12(17-16)7-11-6-10(15)8-20-11/h3-6,8,12,17H,7,16H2,1-2H3. The summed E-state index contributed by atoms with van der Waals surface area (Å²) in [6.07, 6.45) is 0.822. The van der Waals surface area contributed by atoms with Crippen LogP contribution in [0.4, 0.5) is 0 Å². The molecule has 1 heterocycles. The highest BCUT2D eigenvalue weighted by Crippen LogP contribution is 2.32. The first-order chi connectivity index (χ1) is 9.67. The van der Waals surface area contributed by atoms with E-state index in [2.05, 4.69) is 32.8 Å². The number of nitrogens with one attached hydrogen (secondary N) is 1. The van der Waals surface area contributed by atoms with Crippen molar-refractivity contribution in [3.05, 3.63) is 44.6 Å². The molecule has 0 radical (unpaired) electrons. The van der Waals surface area contributed by atoms with Crippen molar-refractivity contribution in [1.29, 1.82) is 0 Å². The van der Waals surface area contributed by atoms with Crippen LogP contribution in [0.5, 0.6) is 11.5 Å². The second kappa shape index (κ2) is 7.08. The van der Waals surface area contributed by atoms with Crippen molar-refractivity contribution in [2.45, 2.75) is 12.5 Å². The number of thiophene rings is 1. The van der Waals surface area contributed by atoms with Crippen molar-refractivity contribution >= 4 is 27.3 Å². The molecule has 0 aliphatic heterocycles. The van der Waals surface area contributed by atoms with Crippen LogP contribution >= 0.6 is 27.3 Å². The van der Waals surface area contributed by atoms with Crippen LogP contribution in [0, 0.1) is 0 Å². The van der Waals surface area contributed by atoms with Gasteiger partial charge in [0.05, 0.1) is 20.3 Å². The highest BCUT2D eigenvalue weighted by Gasteiger charge is 2.14. The number of ether oxygens (including phenoxy) is 2. The monoisotopic (exact) mass is 356 g/mol. The van der Waals surface area contributed by atoms with Gasteiger partial charge in [0.2, 0.25) is 0 Å². The van der Waals surface area contributed by atoms with Gasteiger partial charge in [0.1, 0.15) is 0 Å². The number of hydrazine groups is 1. The third kappa shape index (κ3) is 3.52. The normalized spacial score (nSPS) is 12.2. The van der Waals surface area contributed by atoms with Gasteiger partial charge in [0.15, 0.2) is 11.5 Å². The van der Waals surface area contributed by atoms with Gasteiger partial charge in [-0.1, -0.05) is 6.07 Å². The van der Waals surface area contributed by atoms with E-state index in [0.717, 1.165) is 16.5 Å². The molecular formula is C14H17BrN2O2S. The summed E-state index contributed by atoms with van der Waals surface area (Å²) in [7, 11) is 3.25. The van der Waals surface area contributed by atoms with E-state index in [1.54, 1.807) is 25.6 Å². The zero-order valence-electron chi connectivity index (χ0n) is 11.4. The van der Waals surface area contributed by atoms with E-state index >= 15 is 0 Å². The fourth-order valence-corrected chi connectivity index (χ4v) is 3.50. The molecule has 108 valence electrons. The second-order valence-electron chi connectivity index (χ2n) is 4.27. The van der Waals surface area contributed by atoms with Crippen molar-refractivity contribution < 1.29 is 9.47 Å². The second-order valence-corrected chi connectivity index (χ2v) is 6.18. The molecule has 0 amide bonds. The fourth-order valence-electron chi connectivity index (χ4n) is 2.00. The molecule has 0 aliphatic rings. The van der Waals surface area contributed by atoms with E-state index in [1.165, 1.54) is 4.88 Å². The first kappa shape index (κ1) is 15.3. The Labute approximate surface area is 131 Å². The van der Waals surface area contributed by atoms with Gasteiger partial charge in [0.25, 0.3) is 0 Å². The average molecular weight is 357 g/mol. The molecule has 4 nitrogen and oxygen atoms in total. The van der Waals surface area contributed by atoms with Crippen LogP contribution in [0.15, 0.2) is 34.1 Å². The van der Waals surface area contributed by atoms with Gasteiger partial charge in [-0.25, -0.2) is 0 Å². The van der Waals surface area contributed by atoms with Gasteiger partial charge < -0.3 is 9.47 Å². The van der Waals surface area contributed by atoms with Crippen LogP contribution in [0.3, 0.4) is 0 Å². The molecule has 0 bridgehead atoms. The summed E-state index contributed by atoms with van der Waals surface area (Å²) in [5.74, 6) is 7.11. The van der Waals surface area contributed by atoms with Crippen LogP contribution in [0.1, 0.15) is 16.5 Å². The Morgan fingerprint density at radius 2 is 2.00 bits per heavy atom. The lowest BCUT2D eigenvalue weighted by molar-refractivity contribution is 0.354. The Morgan fingerprint density at radius 3 is 2.55 bits per heavy atom. The van der Waals surface area contributed by atoms with Crippen LogP contribution in [-0.2, 0) is 6.42 Å². The van der Waals surface area contributed by atoms with Gasteiger partial charge in [-0.05, 0) is 39.7 Å². The van der Waals surface area contributed by atoms with E-state index in [-0.39, 0.29) is 6.04 Å². The predicted octanol–water partition coefficient (Wildman–Crippen LogP) is 3.27. The molecule has 0 fully saturated rings. The number of benzene rings is 1. The lowest BCUT2D eigenvalue weighted by Crippen LogP contribution is -2.29. The topological polar surface area (TPSA) is 56.5 Å². The maximum absolute atomic E-state index is 5.69. The number of methoxy groups -OCH3 is 2. The van der Waals surface area contributed by atoms with Crippen molar-refractivity contribution in [2.24, 2.45) is 5.84 Å². The summed E-state index contributed by atoms with van der Waals surface area (Å²) >= 11 is 5.17. The summed E-state index contributed by atoms with van der Waals surface area (Å²) in [4.78, 5) is 1.26. The van der Waals surface area contributed by atoms with Gasteiger partial charge >= 0.3 is 0 Å². The molecule has 6 heteroatoms. The average Bonchev–Trinajstić information content (AvgIpc) is 2.89. The van der Waals surface area contributed by atoms with Crippen LogP contribution in [-0.4, -0.2) is 14.2 Å². The molecular weight excluding hydrogens is 340 g/mol. The van der Waals surface area contributed by atoms with Crippen molar-refractivity contribution in [3.63, 3.8) is 0 Å². The Bertz CT molecular complexity index is 574. The molecule has 2 aromatic rings. The zero-order valence-corrected chi connectivity index (χ0v) is 13.8. The molecule has 2 rings (SSSR count). The third-order valence-corrected chi connectivity index (χ3v) is 4.76. The highest BCUT2D eigenvalue weighted by molar-refractivity contribution is 9.10. The molecule has 3 N–H and O–H groups in total. The molecule has 0 aliphatic carbocycles. The van der Waals surface area contributed by atoms with E-state index in [4.69, 9.17) is 15.3 Å². The highest BCUT2D eigenvalue weighted by atomic mass is 79.9. The minimum atomic E-state index is 0.0281. The molecule has 20 heavy (non-hydrogen) atoms.